The van der Waals surface area contributed by atoms with Crippen LogP contribution in [0.2, 0.25) is 0 Å². The van der Waals surface area contributed by atoms with Crippen LogP contribution < -0.4 is 10.6 Å². The molecule has 1 aromatic heterocycles. The molecule has 0 fully saturated rings. The Bertz CT molecular complexity index is 682. The van der Waals surface area contributed by atoms with E-state index < -0.39 is 0 Å². The number of rotatable bonds is 10. The number of benzene rings is 1. The summed E-state index contributed by atoms with van der Waals surface area (Å²) in [4.78, 5) is 4.74. The molecule has 0 atom stereocenters. The number of furan rings is 1. The Labute approximate surface area is 170 Å². The Hall–Kier alpha value is -1.79. The average Bonchev–Trinajstić information content (AvgIpc) is 3.17. The molecule has 0 aliphatic heterocycles. The van der Waals surface area contributed by atoms with Gasteiger partial charge in [-0.2, -0.15) is 0 Å². The van der Waals surface area contributed by atoms with E-state index in [9.17, 15) is 0 Å². The van der Waals surface area contributed by atoms with E-state index in [2.05, 4.69) is 52.5 Å². The summed E-state index contributed by atoms with van der Waals surface area (Å²) in [6.45, 7) is 7.43. The molecule has 0 unspecified atom stereocenters. The van der Waals surface area contributed by atoms with Gasteiger partial charge in [0, 0.05) is 37.7 Å². The molecule has 0 amide bonds. The number of aliphatic imine (C=N–C) groups is 1. The Morgan fingerprint density at radius 2 is 1.96 bits per heavy atom. The summed E-state index contributed by atoms with van der Waals surface area (Å²) in [6.07, 6.45) is 3.51. The van der Waals surface area contributed by atoms with Gasteiger partial charge in [0.2, 0.25) is 0 Å². The van der Waals surface area contributed by atoms with Crippen molar-refractivity contribution in [2.75, 3.05) is 26.8 Å². The number of methoxy groups -OCH3 is 1. The van der Waals surface area contributed by atoms with Crippen molar-refractivity contribution in [3.05, 3.63) is 58.5 Å². The quantitative estimate of drug-likeness (QED) is 0.429. The molecule has 6 heteroatoms. The van der Waals surface area contributed by atoms with Crippen LogP contribution in [0.5, 0.6) is 0 Å². The lowest BCUT2D eigenvalue weighted by molar-refractivity contribution is 0.153. The fourth-order valence-electron chi connectivity index (χ4n) is 2.48. The van der Waals surface area contributed by atoms with Crippen molar-refractivity contribution in [1.29, 1.82) is 0 Å². The highest BCUT2D eigenvalue weighted by atomic mass is 79.9. The number of hydrogen-bond acceptors (Lipinski definition) is 3. The molecule has 148 valence electrons. The number of nitrogens with one attached hydrogen (secondary N) is 2. The van der Waals surface area contributed by atoms with Crippen LogP contribution in [0.1, 0.15) is 31.6 Å². The first kappa shape index (κ1) is 21.5. The predicted octanol–water partition coefficient (Wildman–Crippen LogP) is 4.38. The van der Waals surface area contributed by atoms with Gasteiger partial charge in [-0.05, 0) is 41.7 Å². The number of halogens is 1. The van der Waals surface area contributed by atoms with Gasteiger partial charge in [-0.1, -0.05) is 41.9 Å². The fourth-order valence-corrected chi connectivity index (χ4v) is 2.75. The summed E-state index contributed by atoms with van der Waals surface area (Å²) in [7, 11) is 1.74. The van der Waals surface area contributed by atoms with Gasteiger partial charge in [-0.3, -0.25) is 0 Å². The molecule has 1 aromatic carbocycles. The van der Waals surface area contributed by atoms with Gasteiger partial charge in [-0.15, -0.1) is 0 Å². The summed E-state index contributed by atoms with van der Waals surface area (Å²) in [5, 5.41) is 6.88. The third kappa shape index (κ3) is 8.63. The number of nitrogens with zero attached hydrogens (tertiary/aromatic N) is 1. The zero-order chi connectivity index (χ0) is 19.5. The van der Waals surface area contributed by atoms with Crippen LogP contribution in [0.15, 0.2) is 56.5 Å². The van der Waals surface area contributed by atoms with E-state index in [-0.39, 0.29) is 5.41 Å². The van der Waals surface area contributed by atoms with E-state index in [1.165, 1.54) is 5.56 Å². The minimum absolute atomic E-state index is 0.122. The zero-order valence-electron chi connectivity index (χ0n) is 16.4. The van der Waals surface area contributed by atoms with Crippen LogP contribution >= 0.6 is 15.9 Å². The lowest BCUT2D eigenvalue weighted by Crippen LogP contribution is -2.43. The van der Waals surface area contributed by atoms with Crippen molar-refractivity contribution in [2.45, 2.75) is 33.2 Å². The topological polar surface area (TPSA) is 58.8 Å². The normalized spacial score (nSPS) is 12.2. The summed E-state index contributed by atoms with van der Waals surface area (Å²) < 4.78 is 11.7. The first-order valence-electron chi connectivity index (χ1n) is 9.26. The highest BCUT2D eigenvalue weighted by Crippen LogP contribution is 2.18. The summed E-state index contributed by atoms with van der Waals surface area (Å²) in [5.74, 6) is 1.78. The molecule has 5 nitrogen and oxygen atoms in total. The second-order valence-electron chi connectivity index (χ2n) is 7.31. The lowest BCUT2D eigenvalue weighted by Gasteiger charge is -2.26. The molecule has 0 saturated heterocycles. The van der Waals surface area contributed by atoms with Crippen molar-refractivity contribution in [2.24, 2.45) is 10.4 Å². The first-order valence-corrected chi connectivity index (χ1v) is 10.1. The molecule has 27 heavy (non-hydrogen) atoms. The Kier molecular flexibility index (Phi) is 8.88. The molecule has 2 N–H and O–H groups in total. The molecule has 0 radical (unpaired) electrons. The number of hydrogen-bond donors (Lipinski definition) is 2. The third-order valence-electron chi connectivity index (χ3n) is 4.29. The van der Waals surface area contributed by atoms with Crippen LogP contribution in [0.4, 0.5) is 0 Å². The molecular formula is C21H30BrN3O2. The summed E-state index contributed by atoms with van der Waals surface area (Å²) >= 11 is 3.47. The minimum Gasteiger partial charge on any atom is -0.469 e. The molecule has 0 bridgehead atoms. The van der Waals surface area contributed by atoms with Crippen LogP contribution in [-0.2, 0) is 17.7 Å². The van der Waals surface area contributed by atoms with Crippen molar-refractivity contribution < 1.29 is 9.15 Å². The summed E-state index contributed by atoms with van der Waals surface area (Å²) in [5.41, 5.74) is 1.29. The molecule has 0 spiro atoms. The van der Waals surface area contributed by atoms with Crippen LogP contribution in [-0.4, -0.2) is 32.8 Å². The molecule has 2 aromatic rings. The van der Waals surface area contributed by atoms with Crippen LogP contribution in [0.3, 0.4) is 0 Å². The van der Waals surface area contributed by atoms with Gasteiger partial charge in [0.15, 0.2) is 5.96 Å². The largest absolute Gasteiger partial charge is 0.469 e. The van der Waals surface area contributed by atoms with Gasteiger partial charge < -0.3 is 19.8 Å². The maximum Gasteiger partial charge on any atom is 0.191 e. The van der Waals surface area contributed by atoms with Gasteiger partial charge in [0.05, 0.1) is 12.8 Å². The highest BCUT2D eigenvalue weighted by Gasteiger charge is 2.18. The molecular weight excluding hydrogens is 406 g/mol. The molecule has 0 aliphatic rings. The van der Waals surface area contributed by atoms with E-state index in [4.69, 9.17) is 14.1 Å². The maximum absolute atomic E-state index is 5.40. The second kappa shape index (κ2) is 11.1. The number of guanidine groups is 1. The summed E-state index contributed by atoms with van der Waals surface area (Å²) in [6, 6.07) is 12.1. The highest BCUT2D eigenvalue weighted by molar-refractivity contribution is 9.10. The van der Waals surface area contributed by atoms with Gasteiger partial charge in [0.1, 0.15) is 5.76 Å². The monoisotopic (exact) mass is 435 g/mol. The first-order chi connectivity index (χ1) is 13.0. The SMILES string of the molecule is COCCC(C)(C)CNC(=NCc1ccc(Br)cc1)NCCc1ccco1. The Balaban J connectivity index is 1.93. The van der Waals surface area contributed by atoms with Gasteiger partial charge in [-0.25, -0.2) is 4.99 Å². The smallest absolute Gasteiger partial charge is 0.191 e. The van der Waals surface area contributed by atoms with E-state index in [1.54, 1.807) is 13.4 Å². The van der Waals surface area contributed by atoms with Crippen LogP contribution in [0.25, 0.3) is 0 Å². The molecule has 2 rings (SSSR count). The lowest BCUT2D eigenvalue weighted by atomic mass is 9.90. The van der Waals surface area contributed by atoms with Crippen LogP contribution in [0, 0.1) is 5.41 Å². The van der Waals surface area contributed by atoms with Gasteiger partial charge in [0.25, 0.3) is 0 Å². The van der Waals surface area contributed by atoms with E-state index in [0.29, 0.717) is 6.54 Å². The van der Waals surface area contributed by atoms with Gasteiger partial charge >= 0.3 is 0 Å². The zero-order valence-corrected chi connectivity index (χ0v) is 18.0. The standard InChI is InChI=1S/C21H30BrN3O2/c1-21(2,11-14-26-3)16-25-20(23-12-10-19-5-4-13-27-19)24-15-17-6-8-18(22)9-7-17/h4-9,13H,10-12,14-16H2,1-3H3,(H2,23,24,25). The van der Waals surface area contributed by atoms with E-state index in [0.717, 1.165) is 48.7 Å². The van der Waals surface area contributed by atoms with Crippen molar-refractivity contribution in [3.63, 3.8) is 0 Å². The second-order valence-corrected chi connectivity index (χ2v) is 8.22. The Morgan fingerprint density at radius 1 is 1.19 bits per heavy atom. The molecule has 1 heterocycles. The van der Waals surface area contributed by atoms with E-state index >= 15 is 0 Å². The molecule has 0 aliphatic carbocycles. The van der Waals surface area contributed by atoms with Crippen molar-refractivity contribution in [1.82, 2.24) is 10.6 Å². The van der Waals surface area contributed by atoms with Crippen molar-refractivity contribution >= 4 is 21.9 Å². The molecule has 0 saturated carbocycles. The number of ether oxygens (including phenoxy) is 1. The predicted molar refractivity (Wildman–Crippen MR) is 114 cm³/mol. The minimum atomic E-state index is 0.122. The third-order valence-corrected chi connectivity index (χ3v) is 4.82. The average molecular weight is 436 g/mol. The fraction of sp³-hybridized carbons (Fsp3) is 0.476. The van der Waals surface area contributed by atoms with Crippen molar-refractivity contribution in [3.8, 4) is 0 Å². The Morgan fingerprint density at radius 3 is 2.63 bits per heavy atom. The van der Waals surface area contributed by atoms with E-state index in [1.807, 2.05) is 24.3 Å². The maximum atomic E-state index is 5.40.